The molecule has 2 aromatic rings. The van der Waals surface area contributed by atoms with Crippen LogP contribution in [0, 0.1) is 5.82 Å². The monoisotopic (exact) mass is 362 g/mol. The second kappa shape index (κ2) is 7.34. The van der Waals surface area contributed by atoms with E-state index in [1.807, 2.05) is 0 Å². The van der Waals surface area contributed by atoms with Crippen molar-refractivity contribution in [3.63, 3.8) is 0 Å². The predicted molar refractivity (Wildman–Crippen MR) is 92.8 cm³/mol. The van der Waals surface area contributed by atoms with Gasteiger partial charge in [0.1, 0.15) is 11.7 Å². The zero-order valence-electron chi connectivity index (χ0n) is 14.8. The molecule has 1 aromatic heterocycles. The fraction of sp³-hybridized carbons (Fsp3) is 0.294. The maximum atomic E-state index is 14.2. The van der Waals surface area contributed by atoms with Crippen LogP contribution in [0.3, 0.4) is 0 Å². The summed E-state index contributed by atoms with van der Waals surface area (Å²) >= 11 is 0. The molecule has 0 atom stereocenters. The van der Waals surface area contributed by atoms with Crippen LogP contribution in [0.15, 0.2) is 29.3 Å². The molecule has 26 heavy (non-hydrogen) atoms. The molecule has 0 saturated heterocycles. The lowest BCUT2D eigenvalue weighted by Crippen LogP contribution is -2.36. The van der Waals surface area contributed by atoms with Crippen LogP contribution in [-0.2, 0) is 5.41 Å². The first-order valence-electron chi connectivity index (χ1n) is 7.55. The fourth-order valence-electron chi connectivity index (χ4n) is 2.26. The third-order valence-corrected chi connectivity index (χ3v) is 3.82. The van der Waals surface area contributed by atoms with Crippen molar-refractivity contribution >= 4 is 17.5 Å². The number of methoxy groups -OCH3 is 2. The number of rotatable bonds is 6. The maximum absolute atomic E-state index is 14.2. The molecule has 0 fully saturated rings. The molecule has 0 unspecified atom stereocenters. The predicted octanol–water partition coefficient (Wildman–Crippen LogP) is 2.30. The Kier molecular flexibility index (Phi) is 5.39. The quantitative estimate of drug-likeness (QED) is 0.597. The van der Waals surface area contributed by atoms with Crippen molar-refractivity contribution < 1.29 is 23.8 Å². The number of carboxylic acids is 1. The summed E-state index contributed by atoms with van der Waals surface area (Å²) in [6.45, 7) is 3.41. The molecule has 1 aromatic carbocycles. The molecule has 0 radical (unpaired) electrons. The van der Waals surface area contributed by atoms with Gasteiger partial charge in [0.2, 0.25) is 17.6 Å². The lowest BCUT2D eigenvalue weighted by molar-refractivity contribution is 0.0681. The van der Waals surface area contributed by atoms with Gasteiger partial charge in [-0.2, -0.15) is 9.97 Å². The second-order valence-corrected chi connectivity index (χ2v) is 5.82. The topological polar surface area (TPSA) is 120 Å². The number of hydrogen-bond donors (Lipinski definition) is 2. The second-order valence-electron chi connectivity index (χ2n) is 5.82. The minimum atomic E-state index is -1.35. The number of halogens is 1. The SMILES string of the molecule is COc1nc(C(=O)O)nc(OC)c1N=C(N)C(C)(C)c1ccccc1F. The largest absolute Gasteiger partial charge is 0.479 e. The zero-order valence-corrected chi connectivity index (χ0v) is 14.8. The van der Waals surface area contributed by atoms with Crippen molar-refractivity contribution in [2.45, 2.75) is 19.3 Å². The first kappa shape index (κ1) is 19.1. The smallest absolute Gasteiger partial charge is 0.374 e. The average molecular weight is 362 g/mol. The van der Waals surface area contributed by atoms with Crippen molar-refractivity contribution in [1.82, 2.24) is 9.97 Å². The number of aromatic nitrogens is 2. The van der Waals surface area contributed by atoms with Gasteiger partial charge in [-0.15, -0.1) is 0 Å². The van der Waals surface area contributed by atoms with E-state index >= 15 is 0 Å². The van der Waals surface area contributed by atoms with Crippen molar-refractivity contribution in [2.75, 3.05) is 14.2 Å². The number of aliphatic imine (C=N–C) groups is 1. The summed E-state index contributed by atoms with van der Waals surface area (Å²) in [6, 6.07) is 6.21. The van der Waals surface area contributed by atoms with Crippen molar-refractivity contribution in [3.05, 3.63) is 41.5 Å². The summed E-state index contributed by atoms with van der Waals surface area (Å²) in [5, 5.41) is 9.07. The van der Waals surface area contributed by atoms with Crippen LogP contribution in [0.25, 0.3) is 0 Å². The van der Waals surface area contributed by atoms with Gasteiger partial charge >= 0.3 is 5.97 Å². The van der Waals surface area contributed by atoms with Crippen LogP contribution < -0.4 is 15.2 Å². The molecule has 2 rings (SSSR count). The number of carbonyl (C=O) groups is 1. The Labute approximate surface area is 149 Å². The highest BCUT2D eigenvalue weighted by molar-refractivity contribution is 5.94. The van der Waals surface area contributed by atoms with Gasteiger partial charge in [-0.05, 0) is 19.9 Å². The molecule has 0 amide bonds. The van der Waals surface area contributed by atoms with Crippen LogP contribution in [0.4, 0.5) is 10.1 Å². The van der Waals surface area contributed by atoms with Gasteiger partial charge in [0.25, 0.3) is 0 Å². The van der Waals surface area contributed by atoms with E-state index in [0.717, 1.165) is 0 Å². The van der Waals surface area contributed by atoms with E-state index in [1.165, 1.54) is 20.3 Å². The third kappa shape index (κ3) is 3.56. The number of amidine groups is 1. The van der Waals surface area contributed by atoms with E-state index < -0.39 is 23.0 Å². The lowest BCUT2D eigenvalue weighted by Gasteiger charge is -2.25. The first-order chi connectivity index (χ1) is 12.2. The molecule has 0 bridgehead atoms. The highest BCUT2D eigenvalue weighted by Crippen LogP contribution is 2.36. The number of carboxylic acid groups (broad SMARTS) is 1. The Balaban J connectivity index is 2.61. The molecule has 0 saturated carbocycles. The minimum Gasteiger partial charge on any atom is -0.479 e. The standard InChI is InChI=1S/C17H19FN4O4/c1-17(2,9-7-5-6-8-10(9)18)16(19)20-11-13(25-3)21-12(15(23)24)22-14(11)26-4/h5-8H,1-4H3,(H2,19,20)(H,23,24). The highest BCUT2D eigenvalue weighted by Gasteiger charge is 2.30. The number of ether oxygens (including phenoxy) is 2. The van der Waals surface area contributed by atoms with Crippen LogP contribution in [0.5, 0.6) is 11.8 Å². The van der Waals surface area contributed by atoms with Crippen LogP contribution in [0.2, 0.25) is 0 Å². The average Bonchev–Trinajstić information content (AvgIpc) is 2.61. The molecule has 1 heterocycles. The Morgan fingerprint density at radius 1 is 1.19 bits per heavy atom. The molecular formula is C17H19FN4O4. The highest BCUT2D eigenvalue weighted by atomic mass is 19.1. The van der Waals surface area contributed by atoms with E-state index in [9.17, 15) is 9.18 Å². The van der Waals surface area contributed by atoms with Crippen LogP contribution in [-0.4, -0.2) is 41.1 Å². The number of aromatic carboxylic acids is 1. The molecule has 0 aliphatic heterocycles. The summed E-state index contributed by atoms with van der Waals surface area (Å²) in [4.78, 5) is 22.9. The van der Waals surface area contributed by atoms with Gasteiger partial charge in [0, 0.05) is 11.0 Å². The van der Waals surface area contributed by atoms with E-state index in [-0.39, 0.29) is 23.3 Å². The van der Waals surface area contributed by atoms with Gasteiger partial charge < -0.3 is 20.3 Å². The molecule has 9 heteroatoms. The summed E-state index contributed by atoms with van der Waals surface area (Å²) in [7, 11) is 2.59. The molecule has 0 aliphatic carbocycles. The summed E-state index contributed by atoms with van der Waals surface area (Å²) in [5.74, 6) is -2.48. The van der Waals surface area contributed by atoms with Gasteiger partial charge in [-0.1, -0.05) is 18.2 Å². The van der Waals surface area contributed by atoms with Crippen molar-refractivity contribution in [1.29, 1.82) is 0 Å². The zero-order chi connectivity index (χ0) is 19.5. The van der Waals surface area contributed by atoms with Crippen molar-refractivity contribution in [2.24, 2.45) is 10.7 Å². The summed E-state index contributed by atoms with van der Waals surface area (Å²) in [5.41, 5.74) is 5.53. The normalized spacial score (nSPS) is 12.0. The van der Waals surface area contributed by atoms with E-state index in [2.05, 4.69) is 15.0 Å². The third-order valence-electron chi connectivity index (χ3n) is 3.82. The molecular weight excluding hydrogens is 343 g/mol. The minimum absolute atomic E-state index is 0.0157. The molecule has 3 N–H and O–H groups in total. The van der Waals surface area contributed by atoms with E-state index in [0.29, 0.717) is 5.56 Å². The van der Waals surface area contributed by atoms with Gasteiger partial charge in [0.05, 0.1) is 14.2 Å². The molecule has 138 valence electrons. The fourth-order valence-corrected chi connectivity index (χ4v) is 2.26. The van der Waals surface area contributed by atoms with Crippen LogP contribution in [0.1, 0.15) is 30.0 Å². The number of nitrogens with zero attached hydrogens (tertiary/aromatic N) is 3. The van der Waals surface area contributed by atoms with Crippen molar-refractivity contribution in [3.8, 4) is 11.8 Å². The first-order valence-corrected chi connectivity index (χ1v) is 7.55. The number of nitrogens with two attached hydrogens (primary N) is 1. The van der Waals surface area contributed by atoms with Gasteiger partial charge in [-0.25, -0.2) is 14.2 Å². The lowest BCUT2D eigenvalue weighted by atomic mass is 9.83. The number of benzene rings is 1. The Hall–Kier alpha value is -3.23. The van der Waals surface area contributed by atoms with Gasteiger partial charge in [-0.3, -0.25) is 0 Å². The molecule has 0 spiro atoms. The van der Waals surface area contributed by atoms with Crippen LogP contribution >= 0.6 is 0 Å². The molecule has 8 nitrogen and oxygen atoms in total. The van der Waals surface area contributed by atoms with Gasteiger partial charge in [0.15, 0.2) is 5.69 Å². The Morgan fingerprint density at radius 2 is 1.73 bits per heavy atom. The molecule has 0 aliphatic rings. The Bertz CT molecular complexity index is 843. The number of hydrogen-bond acceptors (Lipinski definition) is 6. The van der Waals surface area contributed by atoms with E-state index in [1.54, 1.807) is 32.0 Å². The Morgan fingerprint density at radius 3 is 2.19 bits per heavy atom. The summed E-state index contributed by atoms with van der Waals surface area (Å²) in [6.07, 6.45) is 0. The summed E-state index contributed by atoms with van der Waals surface area (Å²) < 4.78 is 24.3. The maximum Gasteiger partial charge on any atom is 0.374 e. The van der Waals surface area contributed by atoms with E-state index in [4.69, 9.17) is 20.3 Å².